The van der Waals surface area contributed by atoms with Crippen molar-refractivity contribution in [2.45, 2.75) is 38.5 Å². The van der Waals surface area contributed by atoms with Crippen LogP contribution >= 0.6 is 0 Å². The van der Waals surface area contributed by atoms with Crippen LogP contribution in [0.15, 0.2) is 78.9 Å². The van der Waals surface area contributed by atoms with Crippen LogP contribution in [-0.4, -0.2) is 41.0 Å². The van der Waals surface area contributed by atoms with E-state index in [1.54, 1.807) is 17.0 Å². The van der Waals surface area contributed by atoms with Gasteiger partial charge in [0.25, 0.3) is 5.91 Å². The van der Waals surface area contributed by atoms with E-state index >= 15 is 0 Å². The van der Waals surface area contributed by atoms with E-state index in [1.807, 2.05) is 54.6 Å². The summed E-state index contributed by atoms with van der Waals surface area (Å²) in [5.41, 5.74) is 3.63. The third-order valence-corrected chi connectivity index (χ3v) is 6.60. The van der Waals surface area contributed by atoms with Crippen molar-refractivity contribution >= 4 is 17.5 Å². The molecule has 0 radical (unpaired) electrons. The van der Waals surface area contributed by atoms with Crippen molar-refractivity contribution in [3.8, 4) is 0 Å². The number of anilines is 1. The summed E-state index contributed by atoms with van der Waals surface area (Å²) in [5, 5.41) is 17.0. The van der Waals surface area contributed by atoms with E-state index in [4.69, 9.17) is 0 Å². The summed E-state index contributed by atoms with van der Waals surface area (Å²) in [7, 11) is 0. The van der Waals surface area contributed by atoms with Crippen LogP contribution in [0.2, 0.25) is 0 Å². The Hall–Kier alpha value is -3.71. The van der Waals surface area contributed by atoms with Crippen LogP contribution in [0.5, 0.6) is 0 Å². The molecule has 1 fully saturated rings. The summed E-state index contributed by atoms with van der Waals surface area (Å²) in [4.78, 5) is 27.1. The highest BCUT2D eigenvalue weighted by Gasteiger charge is 2.30. The van der Waals surface area contributed by atoms with Crippen molar-refractivity contribution < 1.29 is 19.1 Å². The quantitative estimate of drug-likeness (QED) is 0.426. The van der Waals surface area contributed by atoms with Gasteiger partial charge in [0.15, 0.2) is 0 Å². The number of halogens is 1. The fourth-order valence-corrected chi connectivity index (χ4v) is 4.47. The van der Waals surface area contributed by atoms with Gasteiger partial charge in [-0.25, -0.2) is 4.39 Å². The maximum atomic E-state index is 13.1. The highest BCUT2D eigenvalue weighted by molar-refractivity contribution is 5.82. The third kappa shape index (κ3) is 6.92. The number of benzene rings is 3. The minimum Gasteiger partial charge on any atom is -0.383 e. The van der Waals surface area contributed by atoms with E-state index in [0.29, 0.717) is 39.0 Å². The molecule has 188 valence electrons. The number of aliphatic hydroxyl groups excluding tert-OH is 1. The molecule has 3 N–H and O–H groups in total. The lowest BCUT2D eigenvalue weighted by atomic mass is 9.95. The van der Waals surface area contributed by atoms with Gasteiger partial charge in [-0.3, -0.25) is 9.59 Å². The van der Waals surface area contributed by atoms with Gasteiger partial charge in [0.05, 0.1) is 0 Å². The fourth-order valence-electron chi connectivity index (χ4n) is 4.47. The molecule has 1 heterocycles. The number of nitrogens with one attached hydrogen (secondary N) is 2. The molecule has 0 spiro atoms. The number of hydrogen-bond acceptors (Lipinski definition) is 4. The summed E-state index contributed by atoms with van der Waals surface area (Å²) >= 11 is 0. The lowest BCUT2D eigenvalue weighted by Gasteiger charge is -2.32. The Labute approximate surface area is 211 Å². The summed E-state index contributed by atoms with van der Waals surface area (Å²) < 4.78 is 13.1. The molecule has 1 aliphatic rings. The van der Waals surface area contributed by atoms with Crippen molar-refractivity contribution in [3.63, 3.8) is 0 Å². The first-order chi connectivity index (χ1) is 17.5. The first-order valence-electron chi connectivity index (χ1n) is 12.3. The first-order valence-corrected chi connectivity index (χ1v) is 12.3. The van der Waals surface area contributed by atoms with E-state index in [9.17, 15) is 19.1 Å². The molecule has 7 heteroatoms. The maximum Gasteiger partial charge on any atom is 0.251 e. The predicted octanol–water partition coefficient (Wildman–Crippen LogP) is 3.90. The molecule has 4 rings (SSSR count). The Kier molecular flexibility index (Phi) is 8.68. The number of para-hydroxylation sites is 1. The number of amides is 2. The van der Waals surface area contributed by atoms with E-state index in [2.05, 4.69) is 10.6 Å². The van der Waals surface area contributed by atoms with Crippen molar-refractivity contribution in [2.75, 3.05) is 18.4 Å². The summed E-state index contributed by atoms with van der Waals surface area (Å²) in [5.74, 6) is -0.719. The van der Waals surface area contributed by atoms with Crippen LogP contribution in [0, 0.1) is 11.7 Å². The molecule has 0 saturated carbocycles. The Balaban J connectivity index is 1.26. The molecule has 3 aromatic carbocycles. The lowest BCUT2D eigenvalue weighted by molar-refractivity contribution is -0.143. The first kappa shape index (κ1) is 25.4. The Morgan fingerprint density at radius 3 is 2.25 bits per heavy atom. The summed E-state index contributed by atoms with van der Waals surface area (Å²) in [6.45, 7) is 1.89. The normalized spacial score (nSPS) is 14.8. The average Bonchev–Trinajstić information content (AvgIpc) is 2.92. The predicted molar refractivity (Wildman–Crippen MR) is 137 cm³/mol. The zero-order valence-electron chi connectivity index (χ0n) is 20.2. The molecule has 3 aromatic rings. The number of aliphatic hydroxyl groups is 1. The molecule has 1 unspecified atom stereocenters. The van der Waals surface area contributed by atoms with E-state index < -0.39 is 6.10 Å². The second kappa shape index (κ2) is 12.3. The fraction of sp³-hybridized carbons (Fsp3) is 0.310. The number of rotatable bonds is 9. The van der Waals surface area contributed by atoms with Gasteiger partial charge in [0.1, 0.15) is 11.9 Å². The van der Waals surface area contributed by atoms with Gasteiger partial charge >= 0.3 is 0 Å². The monoisotopic (exact) mass is 489 g/mol. The van der Waals surface area contributed by atoms with Crippen molar-refractivity contribution in [1.29, 1.82) is 0 Å². The average molecular weight is 490 g/mol. The maximum absolute atomic E-state index is 13.1. The molecule has 6 nitrogen and oxygen atoms in total. The molecule has 36 heavy (non-hydrogen) atoms. The zero-order valence-corrected chi connectivity index (χ0v) is 20.2. The van der Waals surface area contributed by atoms with Gasteiger partial charge in [-0.1, -0.05) is 60.7 Å². The SMILES string of the molecule is O=C(NCc1ccccc1)C1CCN(C(=O)C(O)Cc2ccccc2NCc2ccc(F)cc2)CC1. The molecular formula is C29H32FN3O3. The lowest BCUT2D eigenvalue weighted by Crippen LogP contribution is -2.47. The van der Waals surface area contributed by atoms with Crippen molar-refractivity contribution in [3.05, 3.63) is 101 Å². The largest absolute Gasteiger partial charge is 0.383 e. The van der Waals surface area contributed by atoms with Crippen LogP contribution in [-0.2, 0) is 29.1 Å². The minimum atomic E-state index is -1.16. The highest BCUT2D eigenvalue weighted by atomic mass is 19.1. The molecule has 0 aromatic heterocycles. The number of carbonyl (C=O) groups excluding carboxylic acids is 2. The van der Waals surface area contributed by atoms with E-state index in [1.165, 1.54) is 12.1 Å². The highest BCUT2D eigenvalue weighted by Crippen LogP contribution is 2.22. The summed E-state index contributed by atoms with van der Waals surface area (Å²) in [6, 6.07) is 23.6. The van der Waals surface area contributed by atoms with Crippen LogP contribution < -0.4 is 10.6 Å². The summed E-state index contributed by atoms with van der Waals surface area (Å²) in [6.07, 6.45) is 0.175. The molecule has 2 amide bonds. The molecule has 1 atom stereocenters. The number of hydrogen-bond donors (Lipinski definition) is 3. The van der Waals surface area contributed by atoms with Crippen molar-refractivity contribution in [2.24, 2.45) is 5.92 Å². The number of nitrogens with zero attached hydrogens (tertiary/aromatic N) is 1. The van der Waals surface area contributed by atoms with E-state index in [0.717, 1.165) is 22.4 Å². The van der Waals surface area contributed by atoms with Gasteiger partial charge in [-0.2, -0.15) is 0 Å². The Morgan fingerprint density at radius 2 is 1.53 bits per heavy atom. The van der Waals surface area contributed by atoms with Crippen molar-refractivity contribution in [1.82, 2.24) is 10.2 Å². The van der Waals surface area contributed by atoms with Crippen LogP contribution in [0.25, 0.3) is 0 Å². The second-order valence-corrected chi connectivity index (χ2v) is 9.16. The van der Waals surface area contributed by atoms with Gasteiger partial charge < -0.3 is 20.6 Å². The zero-order chi connectivity index (χ0) is 25.3. The second-order valence-electron chi connectivity index (χ2n) is 9.16. The van der Waals surface area contributed by atoms with Gasteiger partial charge in [-0.05, 0) is 47.7 Å². The molecule has 0 aliphatic carbocycles. The van der Waals surface area contributed by atoms with Crippen LogP contribution in [0.1, 0.15) is 29.5 Å². The van der Waals surface area contributed by atoms with Gasteiger partial charge in [0.2, 0.25) is 5.91 Å². The van der Waals surface area contributed by atoms with Gasteiger partial charge in [0, 0.05) is 44.2 Å². The molecule has 1 saturated heterocycles. The van der Waals surface area contributed by atoms with Crippen LogP contribution in [0.4, 0.5) is 10.1 Å². The third-order valence-electron chi connectivity index (χ3n) is 6.60. The Bertz CT molecular complexity index is 1150. The molecule has 1 aliphatic heterocycles. The number of piperidine rings is 1. The number of carbonyl (C=O) groups is 2. The van der Waals surface area contributed by atoms with Gasteiger partial charge in [-0.15, -0.1) is 0 Å². The Morgan fingerprint density at radius 1 is 0.889 bits per heavy atom. The minimum absolute atomic E-state index is 0.00709. The molecular weight excluding hydrogens is 457 g/mol. The van der Waals surface area contributed by atoms with E-state index in [-0.39, 0.29) is 30.0 Å². The molecule has 0 bridgehead atoms. The standard InChI is InChI=1S/C29H32FN3O3/c30-25-12-10-22(11-13-25)19-31-26-9-5-4-8-24(26)18-27(34)29(36)33-16-14-23(15-17-33)28(35)32-20-21-6-2-1-3-7-21/h1-13,23,27,31,34H,14-20H2,(H,32,35). The smallest absolute Gasteiger partial charge is 0.251 e. The number of likely N-dealkylation sites (tertiary alicyclic amines) is 1. The van der Waals surface area contributed by atoms with Crippen LogP contribution in [0.3, 0.4) is 0 Å². The topological polar surface area (TPSA) is 81.7 Å².